The van der Waals surface area contributed by atoms with Crippen molar-refractivity contribution in [1.29, 1.82) is 0 Å². The van der Waals surface area contributed by atoms with E-state index in [-0.39, 0.29) is 0 Å². The van der Waals surface area contributed by atoms with E-state index in [0.29, 0.717) is 6.04 Å². The fourth-order valence-electron chi connectivity index (χ4n) is 2.14. The van der Waals surface area contributed by atoms with Gasteiger partial charge in [-0.3, -0.25) is 4.68 Å². The highest BCUT2D eigenvalue weighted by Crippen LogP contribution is 2.23. The summed E-state index contributed by atoms with van der Waals surface area (Å²) in [6.45, 7) is 1.09. The Morgan fingerprint density at radius 2 is 2.38 bits per heavy atom. The Kier molecular flexibility index (Phi) is 2.25. The lowest BCUT2D eigenvalue weighted by atomic mass is 10.2. The Labute approximate surface area is 93.9 Å². The standard InChI is InChI=1S/C11H15N5/c1-16-7-8(5-14-16)10-6-13-11(15-10)9-3-2-4-12-9/h5-7,9,12H,2-4H2,1H3,(H,13,15)/t9-/m0/s1. The highest BCUT2D eigenvalue weighted by Gasteiger charge is 2.19. The van der Waals surface area contributed by atoms with Crippen LogP contribution >= 0.6 is 0 Å². The average Bonchev–Trinajstić information content (AvgIpc) is 2.97. The number of aromatic amines is 1. The summed E-state index contributed by atoms with van der Waals surface area (Å²) in [5.74, 6) is 1.04. The van der Waals surface area contributed by atoms with Crippen LogP contribution in [-0.4, -0.2) is 26.3 Å². The second-order valence-electron chi connectivity index (χ2n) is 4.23. The molecule has 3 heterocycles. The van der Waals surface area contributed by atoms with Crippen molar-refractivity contribution in [2.45, 2.75) is 18.9 Å². The Balaban J connectivity index is 1.87. The maximum absolute atomic E-state index is 4.43. The summed E-state index contributed by atoms with van der Waals surface area (Å²) in [7, 11) is 1.92. The van der Waals surface area contributed by atoms with Crippen LogP contribution in [0.3, 0.4) is 0 Å². The van der Waals surface area contributed by atoms with Crippen molar-refractivity contribution in [1.82, 2.24) is 25.1 Å². The van der Waals surface area contributed by atoms with E-state index in [4.69, 9.17) is 0 Å². The summed E-state index contributed by atoms with van der Waals surface area (Å²) in [5, 5.41) is 7.58. The first kappa shape index (κ1) is 9.59. The molecule has 0 radical (unpaired) electrons. The summed E-state index contributed by atoms with van der Waals surface area (Å²) >= 11 is 0. The van der Waals surface area contributed by atoms with Crippen LogP contribution in [0, 0.1) is 0 Å². The van der Waals surface area contributed by atoms with Crippen LogP contribution in [0.25, 0.3) is 11.3 Å². The van der Waals surface area contributed by atoms with Gasteiger partial charge < -0.3 is 10.3 Å². The molecule has 0 aromatic carbocycles. The molecule has 2 aromatic rings. The molecule has 2 aromatic heterocycles. The van der Waals surface area contributed by atoms with E-state index in [1.54, 1.807) is 4.68 Å². The second kappa shape index (κ2) is 3.75. The van der Waals surface area contributed by atoms with Gasteiger partial charge in [-0.25, -0.2) is 4.98 Å². The number of aromatic nitrogens is 4. The van der Waals surface area contributed by atoms with Crippen molar-refractivity contribution in [2.75, 3.05) is 6.54 Å². The molecular weight excluding hydrogens is 202 g/mol. The molecule has 5 nitrogen and oxygen atoms in total. The Morgan fingerprint density at radius 1 is 1.44 bits per heavy atom. The van der Waals surface area contributed by atoms with Crippen molar-refractivity contribution in [2.24, 2.45) is 7.05 Å². The van der Waals surface area contributed by atoms with E-state index in [0.717, 1.165) is 23.6 Å². The summed E-state index contributed by atoms with van der Waals surface area (Å²) in [4.78, 5) is 7.79. The SMILES string of the molecule is Cn1cc(-c2cnc([C@@H]3CCCN3)[nH]2)cn1. The van der Waals surface area contributed by atoms with Crippen LogP contribution in [0.5, 0.6) is 0 Å². The fraction of sp³-hybridized carbons (Fsp3) is 0.455. The lowest BCUT2D eigenvalue weighted by Gasteiger charge is -2.04. The van der Waals surface area contributed by atoms with Crippen LogP contribution < -0.4 is 5.32 Å². The van der Waals surface area contributed by atoms with E-state index in [9.17, 15) is 0 Å². The zero-order valence-electron chi connectivity index (χ0n) is 9.27. The third kappa shape index (κ3) is 1.63. The molecule has 3 rings (SSSR count). The van der Waals surface area contributed by atoms with Gasteiger partial charge in [0.15, 0.2) is 0 Å². The molecule has 0 unspecified atom stereocenters. The highest BCUT2D eigenvalue weighted by molar-refractivity contribution is 5.56. The number of aryl methyl sites for hydroxylation is 1. The molecule has 1 aliphatic rings. The van der Waals surface area contributed by atoms with E-state index in [1.807, 2.05) is 25.6 Å². The molecule has 0 spiro atoms. The van der Waals surface area contributed by atoms with Crippen LogP contribution in [0.4, 0.5) is 0 Å². The molecule has 1 fully saturated rings. The quantitative estimate of drug-likeness (QED) is 0.795. The van der Waals surface area contributed by atoms with Crippen molar-refractivity contribution < 1.29 is 0 Å². The second-order valence-corrected chi connectivity index (χ2v) is 4.23. The molecule has 2 N–H and O–H groups in total. The van der Waals surface area contributed by atoms with Crippen LogP contribution in [0.15, 0.2) is 18.6 Å². The highest BCUT2D eigenvalue weighted by atomic mass is 15.2. The van der Waals surface area contributed by atoms with E-state index < -0.39 is 0 Å². The van der Waals surface area contributed by atoms with Crippen molar-refractivity contribution in [3.63, 3.8) is 0 Å². The van der Waals surface area contributed by atoms with Crippen LogP contribution in [0.1, 0.15) is 24.7 Å². The molecule has 0 amide bonds. The van der Waals surface area contributed by atoms with Crippen molar-refractivity contribution in [3.05, 3.63) is 24.4 Å². The number of rotatable bonds is 2. The first-order valence-corrected chi connectivity index (χ1v) is 5.60. The minimum atomic E-state index is 0.394. The Bertz CT molecular complexity index is 478. The Morgan fingerprint density at radius 3 is 3.06 bits per heavy atom. The van der Waals surface area contributed by atoms with E-state index >= 15 is 0 Å². The van der Waals surface area contributed by atoms with Gasteiger partial charge in [-0.1, -0.05) is 0 Å². The summed E-state index contributed by atoms with van der Waals surface area (Å²) in [5.41, 5.74) is 2.12. The zero-order chi connectivity index (χ0) is 11.0. The van der Waals surface area contributed by atoms with Gasteiger partial charge in [-0.05, 0) is 19.4 Å². The maximum atomic E-state index is 4.43. The molecule has 84 valence electrons. The topological polar surface area (TPSA) is 58.5 Å². The Hall–Kier alpha value is -1.62. The molecule has 0 bridgehead atoms. The van der Waals surface area contributed by atoms with Gasteiger partial charge in [-0.2, -0.15) is 5.10 Å². The molecule has 1 aliphatic heterocycles. The van der Waals surface area contributed by atoms with E-state index in [1.165, 1.54) is 12.8 Å². The lowest BCUT2D eigenvalue weighted by molar-refractivity contribution is 0.613. The molecule has 16 heavy (non-hydrogen) atoms. The number of nitrogens with one attached hydrogen (secondary N) is 2. The van der Waals surface area contributed by atoms with Gasteiger partial charge in [0.1, 0.15) is 5.82 Å². The predicted molar refractivity (Wildman–Crippen MR) is 60.8 cm³/mol. The minimum Gasteiger partial charge on any atom is -0.341 e. The lowest BCUT2D eigenvalue weighted by Crippen LogP contribution is -2.14. The fourth-order valence-corrected chi connectivity index (χ4v) is 2.14. The average molecular weight is 217 g/mol. The normalized spacial score (nSPS) is 20.4. The maximum Gasteiger partial charge on any atom is 0.123 e. The smallest absolute Gasteiger partial charge is 0.123 e. The third-order valence-electron chi connectivity index (χ3n) is 3.00. The summed E-state index contributed by atoms with van der Waals surface area (Å²) in [6.07, 6.45) is 8.11. The monoisotopic (exact) mass is 217 g/mol. The number of hydrogen-bond donors (Lipinski definition) is 2. The molecule has 0 aliphatic carbocycles. The van der Waals surface area contributed by atoms with Gasteiger partial charge in [0, 0.05) is 18.8 Å². The van der Waals surface area contributed by atoms with Crippen molar-refractivity contribution >= 4 is 0 Å². The number of hydrogen-bond acceptors (Lipinski definition) is 3. The minimum absolute atomic E-state index is 0.394. The van der Waals surface area contributed by atoms with E-state index in [2.05, 4.69) is 20.4 Å². The van der Waals surface area contributed by atoms with Gasteiger partial charge in [0.2, 0.25) is 0 Å². The van der Waals surface area contributed by atoms with Crippen LogP contribution in [-0.2, 0) is 7.05 Å². The molecule has 1 atom stereocenters. The third-order valence-corrected chi connectivity index (χ3v) is 3.00. The van der Waals surface area contributed by atoms with Gasteiger partial charge in [0.05, 0.1) is 24.1 Å². The molecule has 1 saturated heterocycles. The largest absolute Gasteiger partial charge is 0.341 e. The van der Waals surface area contributed by atoms with Gasteiger partial charge in [0.25, 0.3) is 0 Å². The first-order valence-electron chi connectivity index (χ1n) is 5.60. The van der Waals surface area contributed by atoms with Crippen molar-refractivity contribution in [3.8, 4) is 11.3 Å². The van der Waals surface area contributed by atoms with Gasteiger partial charge >= 0.3 is 0 Å². The number of nitrogens with zero attached hydrogens (tertiary/aromatic N) is 3. The molecule has 5 heteroatoms. The predicted octanol–water partition coefficient (Wildman–Crippen LogP) is 1.23. The zero-order valence-corrected chi connectivity index (χ0v) is 9.27. The number of imidazole rings is 1. The van der Waals surface area contributed by atoms with Gasteiger partial charge in [-0.15, -0.1) is 0 Å². The molecular formula is C11H15N5. The van der Waals surface area contributed by atoms with Crippen LogP contribution in [0.2, 0.25) is 0 Å². The summed E-state index contributed by atoms with van der Waals surface area (Å²) in [6, 6.07) is 0.394. The number of H-pyrrole nitrogens is 1. The first-order chi connectivity index (χ1) is 7.83. The summed E-state index contributed by atoms with van der Waals surface area (Å²) < 4.78 is 1.80. The molecule has 0 saturated carbocycles.